The van der Waals surface area contributed by atoms with E-state index in [0.717, 1.165) is 9.80 Å². The largest absolute Gasteiger partial charge is 0.508 e. The van der Waals surface area contributed by atoms with Gasteiger partial charge in [-0.1, -0.05) is 24.3 Å². The predicted octanol–water partition coefficient (Wildman–Crippen LogP) is -3.71. The monoisotopic (exact) mass is 1100 g/mol. The fourth-order valence-electron chi connectivity index (χ4n) is 9.90. The minimum absolute atomic E-state index is 0.0229. The molecule has 0 unspecified atom stereocenters. The molecule has 5 rings (SSSR count). The van der Waals surface area contributed by atoms with Crippen LogP contribution in [0.5, 0.6) is 11.5 Å². The van der Waals surface area contributed by atoms with Gasteiger partial charge >= 0.3 is 5.97 Å². The van der Waals surface area contributed by atoms with Crippen LogP contribution in [0.2, 0.25) is 0 Å². The number of hydrogen-bond donors (Lipinski definition) is 14. The highest BCUT2D eigenvalue weighted by Crippen LogP contribution is 2.28. The standard InChI is InChI=1S/C52H77N11O15/c1-28(55)44(69)56-36(8-3-5-19-53)49(74)61-21-7-10-40(61)46(71)59-39(23-31-13-17-33(66)18-14-31)50(75)63-27-35(68)25-42(63)51(76)62-26-34(67)24-41(62)47(72)60-43(29(2)64)48(73)58-38(22-30-11-15-32(65)16-12-30)45(70)57-37(52(77)78)9-4-6-20-54/h11-18,28-29,34-43,64-68H,3-10,19-27,53-55H2,1-2H3,(H,56,69)(H,57,70)(H,58,73)(H,59,71)(H,60,72)(H,77,78)/t28-,29+,34+,35+,36-,37-,38-,39-,40-,41-,42-,43-/m0/s1. The van der Waals surface area contributed by atoms with Crippen LogP contribution < -0.4 is 43.8 Å². The molecule has 0 spiro atoms. The summed E-state index contributed by atoms with van der Waals surface area (Å²) in [5.41, 5.74) is 17.9. The number of rotatable bonds is 27. The molecule has 12 atom stereocenters. The van der Waals surface area contributed by atoms with E-state index in [-0.39, 0.29) is 69.5 Å². The van der Waals surface area contributed by atoms with Crippen LogP contribution in [0.1, 0.15) is 89.2 Å². The minimum Gasteiger partial charge on any atom is -0.508 e. The summed E-state index contributed by atoms with van der Waals surface area (Å²) in [6.07, 6.45) is -2.54. The van der Waals surface area contributed by atoms with E-state index < -0.39 is 139 Å². The van der Waals surface area contributed by atoms with Crippen LogP contribution in [0.25, 0.3) is 0 Å². The number of carbonyl (C=O) groups is 9. The van der Waals surface area contributed by atoms with E-state index in [9.17, 15) is 73.8 Å². The van der Waals surface area contributed by atoms with E-state index in [0.29, 0.717) is 49.8 Å². The Bertz CT molecular complexity index is 2410. The SMILES string of the molecule is C[C@H](N)C(=O)N[C@@H](CCCCN)C(=O)N1CCC[C@H]1C(=O)N[C@@H](Cc1ccc(O)cc1)C(=O)N1C[C@H](O)C[C@H]1C(=O)N1C[C@H](O)C[C@H]1C(=O)N[C@H](C(=O)N[C@@H](Cc1ccc(O)cc1)C(=O)N[C@@H](CCCCN)C(=O)O)[C@@H](C)O. The average Bonchev–Trinajstić information content (AvgIpc) is 4.19. The van der Waals surface area contributed by atoms with Gasteiger partial charge in [-0.15, -0.1) is 0 Å². The minimum atomic E-state index is -1.79. The topological polar surface area (TPSA) is 423 Å². The summed E-state index contributed by atoms with van der Waals surface area (Å²) in [6.45, 7) is 2.61. The molecule has 26 nitrogen and oxygen atoms in total. The maximum absolute atomic E-state index is 14.8. The highest BCUT2D eigenvalue weighted by molar-refractivity contribution is 5.99. The molecule has 0 saturated carbocycles. The third kappa shape index (κ3) is 17.0. The average molecular weight is 1100 g/mol. The molecule has 3 aliphatic heterocycles. The van der Waals surface area contributed by atoms with Crippen LogP contribution in [0, 0.1) is 0 Å². The van der Waals surface area contributed by atoms with E-state index in [1.54, 1.807) is 0 Å². The molecule has 0 radical (unpaired) electrons. The fraction of sp³-hybridized carbons (Fsp3) is 0.596. The Balaban J connectivity index is 1.36. The van der Waals surface area contributed by atoms with Gasteiger partial charge in [0, 0.05) is 45.3 Å². The van der Waals surface area contributed by atoms with Gasteiger partial charge in [0.25, 0.3) is 0 Å². The van der Waals surface area contributed by atoms with E-state index in [1.807, 2.05) is 0 Å². The summed E-state index contributed by atoms with van der Waals surface area (Å²) in [5.74, 6) is -8.04. The lowest BCUT2D eigenvalue weighted by atomic mass is 10.0. The maximum Gasteiger partial charge on any atom is 0.326 e. The molecule has 0 bridgehead atoms. The summed E-state index contributed by atoms with van der Waals surface area (Å²) in [6, 6.07) is -0.673. The summed E-state index contributed by atoms with van der Waals surface area (Å²) in [5, 5.41) is 75.4. The lowest BCUT2D eigenvalue weighted by Crippen LogP contribution is -2.61. The summed E-state index contributed by atoms with van der Waals surface area (Å²) < 4.78 is 0. The quantitative estimate of drug-likeness (QED) is 0.0383. The molecule has 26 heteroatoms. The Kier molecular flexibility index (Phi) is 23.1. The van der Waals surface area contributed by atoms with Crippen molar-refractivity contribution in [2.45, 2.75) is 164 Å². The maximum atomic E-state index is 14.8. The van der Waals surface area contributed by atoms with E-state index in [4.69, 9.17) is 17.2 Å². The zero-order valence-electron chi connectivity index (χ0n) is 44.0. The highest BCUT2D eigenvalue weighted by atomic mass is 16.4. The molecular formula is C52H77N11O15. The van der Waals surface area contributed by atoms with Gasteiger partial charge < -0.3 is 89.1 Å². The number of unbranched alkanes of at least 4 members (excludes halogenated alkanes) is 2. The van der Waals surface area contributed by atoms with Gasteiger partial charge in [0.2, 0.25) is 47.3 Å². The zero-order valence-corrected chi connectivity index (χ0v) is 44.0. The van der Waals surface area contributed by atoms with Crippen LogP contribution in [0.4, 0.5) is 0 Å². The molecule has 3 fully saturated rings. The number of likely N-dealkylation sites (tertiary alicyclic amines) is 3. The number of phenolic OH excluding ortho intramolecular Hbond substituents is 2. The van der Waals surface area contributed by atoms with Crippen LogP contribution in [0.3, 0.4) is 0 Å². The molecule has 0 aromatic heterocycles. The third-order valence-corrected chi connectivity index (χ3v) is 14.1. The summed E-state index contributed by atoms with van der Waals surface area (Å²) in [4.78, 5) is 128. The van der Waals surface area contributed by atoms with Crippen LogP contribution in [0.15, 0.2) is 48.5 Å². The molecule has 0 aliphatic carbocycles. The lowest BCUT2D eigenvalue weighted by Gasteiger charge is -2.34. The van der Waals surface area contributed by atoms with Crippen molar-refractivity contribution in [3.05, 3.63) is 59.7 Å². The van der Waals surface area contributed by atoms with Gasteiger partial charge in [0.05, 0.1) is 24.4 Å². The normalized spacial score (nSPS) is 21.8. The fourth-order valence-corrected chi connectivity index (χ4v) is 9.90. The van der Waals surface area contributed by atoms with Crippen LogP contribution in [-0.4, -0.2) is 204 Å². The number of carboxylic acid groups (broad SMARTS) is 1. The van der Waals surface area contributed by atoms with Crippen molar-refractivity contribution in [3.63, 3.8) is 0 Å². The van der Waals surface area contributed by atoms with Gasteiger partial charge in [-0.05, 0) is 114 Å². The number of amides is 8. The van der Waals surface area contributed by atoms with Crippen molar-refractivity contribution >= 4 is 53.2 Å². The van der Waals surface area contributed by atoms with E-state index >= 15 is 0 Å². The number of phenols is 2. The number of aliphatic hydroxyl groups is 3. The number of aliphatic carboxylic acids is 1. The number of nitrogens with two attached hydrogens (primary N) is 3. The Labute approximate surface area is 451 Å². The number of carbonyl (C=O) groups excluding carboxylic acids is 8. The molecule has 3 heterocycles. The van der Waals surface area contributed by atoms with Crippen LogP contribution >= 0.6 is 0 Å². The van der Waals surface area contributed by atoms with Gasteiger partial charge in [-0.3, -0.25) is 38.4 Å². The molecule has 2 aromatic carbocycles. The molecule has 3 saturated heterocycles. The number of aliphatic hydroxyl groups excluding tert-OH is 3. The van der Waals surface area contributed by atoms with Crippen molar-refractivity contribution in [1.29, 1.82) is 0 Å². The molecule has 3 aliphatic rings. The van der Waals surface area contributed by atoms with Crippen molar-refractivity contribution < 1.29 is 73.8 Å². The van der Waals surface area contributed by atoms with Crippen LogP contribution in [-0.2, 0) is 56.0 Å². The first-order valence-electron chi connectivity index (χ1n) is 26.4. The van der Waals surface area contributed by atoms with Gasteiger partial charge in [0.15, 0.2) is 0 Å². The number of nitrogens with zero attached hydrogens (tertiary/aromatic N) is 3. The molecule has 78 heavy (non-hydrogen) atoms. The van der Waals surface area contributed by atoms with Gasteiger partial charge in [-0.25, -0.2) is 4.79 Å². The number of aromatic hydroxyl groups is 2. The number of hydrogen-bond acceptors (Lipinski definition) is 17. The molecular weight excluding hydrogens is 1020 g/mol. The zero-order chi connectivity index (χ0) is 57.4. The lowest BCUT2D eigenvalue weighted by molar-refractivity contribution is -0.149. The van der Waals surface area contributed by atoms with Crippen molar-refractivity contribution in [2.75, 3.05) is 32.7 Å². The number of nitrogens with one attached hydrogen (secondary N) is 5. The first-order chi connectivity index (χ1) is 37.0. The smallest absolute Gasteiger partial charge is 0.326 e. The third-order valence-electron chi connectivity index (χ3n) is 14.1. The Morgan fingerprint density at radius 3 is 1.62 bits per heavy atom. The van der Waals surface area contributed by atoms with Gasteiger partial charge in [-0.2, -0.15) is 0 Å². The van der Waals surface area contributed by atoms with E-state index in [1.165, 1.54) is 67.3 Å². The molecule has 2 aromatic rings. The second-order valence-electron chi connectivity index (χ2n) is 20.4. The molecule has 17 N–H and O–H groups in total. The predicted molar refractivity (Wildman–Crippen MR) is 279 cm³/mol. The molecule has 430 valence electrons. The highest BCUT2D eigenvalue weighted by Gasteiger charge is 2.49. The summed E-state index contributed by atoms with van der Waals surface area (Å²) >= 11 is 0. The van der Waals surface area contributed by atoms with Gasteiger partial charge in [0.1, 0.15) is 59.8 Å². The van der Waals surface area contributed by atoms with Crippen molar-refractivity contribution in [3.8, 4) is 11.5 Å². The molecule has 8 amide bonds. The first kappa shape index (κ1) is 61.9. The number of carboxylic acids is 1. The second kappa shape index (κ2) is 29.1. The number of benzene rings is 2. The summed E-state index contributed by atoms with van der Waals surface area (Å²) in [7, 11) is 0. The van der Waals surface area contributed by atoms with Crippen molar-refractivity contribution in [2.24, 2.45) is 17.2 Å². The second-order valence-corrected chi connectivity index (χ2v) is 20.4. The van der Waals surface area contributed by atoms with E-state index in [2.05, 4.69) is 26.6 Å². The van der Waals surface area contributed by atoms with Crippen molar-refractivity contribution in [1.82, 2.24) is 41.3 Å². The number of β-amino-alcohol motifs (C(OH)–C–C–N with tert-alkyl or cyclic N) is 2. The first-order valence-corrected chi connectivity index (χ1v) is 26.4. The Hall–Kier alpha value is -6.97. The Morgan fingerprint density at radius 2 is 1.08 bits per heavy atom. The Morgan fingerprint density at radius 1 is 0.590 bits per heavy atom.